The molecule has 69 valence electrons. The number of benzene rings is 2. The second kappa shape index (κ2) is 4.47. The molecule has 2 aromatic carbocycles. The maximum absolute atomic E-state index is 10.6. The maximum atomic E-state index is 10.6. The van der Waals surface area contributed by atoms with E-state index >= 15 is 0 Å². The van der Waals surface area contributed by atoms with Gasteiger partial charge in [-0.1, -0.05) is 30.3 Å². The summed E-state index contributed by atoms with van der Waals surface area (Å²) in [5, 5.41) is 10.8. The molecule has 0 unspecified atom stereocenters. The number of carboxylic acids is 1. The van der Waals surface area contributed by atoms with Crippen molar-refractivity contribution in [2.75, 3.05) is 0 Å². The van der Waals surface area contributed by atoms with Crippen molar-refractivity contribution in [3.8, 4) is 0 Å². The van der Waals surface area contributed by atoms with Crippen LogP contribution in [0.5, 0.6) is 0 Å². The molecule has 2 aromatic rings. The minimum atomic E-state index is -0.884. The summed E-state index contributed by atoms with van der Waals surface area (Å²) in [6.45, 7) is 0. The van der Waals surface area contributed by atoms with Gasteiger partial charge >= 0.3 is 5.97 Å². The average Bonchev–Trinajstić information content (AvgIpc) is 2.17. The molecule has 0 saturated carbocycles. The van der Waals surface area contributed by atoms with Crippen LogP contribution in [0.15, 0.2) is 42.5 Å². The van der Waals surface area contributed by atoms with Gasteiger partial charge in [0.1, 0.15) is 0 Å². The molecular weight excluding hydrogens is 286 g/mol. The van der Waals surface area contributed by atoms with Crippen LogP contribution < -0.4 is 0 Å². The summed E-state index contributed by atoms with van der Waals surface area (Å²) in [7, 11) is 0. The number of hydrogen-bond acceptors (Lipinski definition) is 1. The summed E-state index contributed by atoms with van der Waals surface area (Å²) in [6.07, 6.45) is 0. The van der Waals surface area contributed by atoms with Crippen LogP contribution in [0, 0.1) is 0 Å². The molecule has 0 bridgehead atoms. The molecule has 2 nitrogen and oxygen atoms in total. The van der Waals surface area contributed by atoms with Crippen molar-refractivity contribution in [2.45, 2.75) is 0 Å². The molecule has 0 atom stereocenters. The van der Waals surface area contributed by atoms with Gasteiger partial charge in [-0.3, -0.25) is 0 Å². The molecule has 0 heterocycles. The first-order chi connectivity index (χ1) is 6.27. The van der Waals surface area contributed by atoms with Crippen molar-refractivity contribution in [3.05, 3.63) is 48.0 Å². The Labute approximate surface area is 99.0 Å². The summed E-state index contributed by atoms with van der Waals surface area (Å²) in [5.41, 5.74) is 0.332. The zero-order chi connectivity index (χ0) is 9.26. The Kier molecular flexibility index (Phi) is 3.54. The maximum Gasteiger partial charge on any atom is 0.335 e. The Morgan fingerprint density at radius 3 is 2.29 bits per heavy atom. The molecule has 0 saturated heterocycles. The molecule has 0 aromatic heterocycles. The monoisotopic (exact) mass is 293 g/mol. The smallest absolute Gasteiger partial charge is 0.335 e. The minimum absolute atomic E-state index is 0. The van der Waals surface area contributed by atoms with Crippen LogP contribution in [0.4, 0.5) is 0 Å². The van der Waals surface area contributed by atoms with E-state index in [0.29, 0.717) is 5.56 Å². The third kappa shape index (κ3) is 2.07. The first-order valence-corrected chi connectivity index (χ1v) is 3.99. The summed E-state index contributed by atoms with van der Waals surface area (Å²) < 4.78 is 0. The van der Waals surface area contributed by atoms with E-state index in [0.717, 1.165) is 10.8 Å². The molecule has 3 heteroatoms. The minimum Gasteiger partial charge on any atom is -0.478 e. The van der Waals surface area contributed by atoms with Crippen LogP contribution in [-0.2, 0) is 0 Å². The van der Waals surface area contributed by atoms with Crippen LogP contribution in [0.2, 0.25) is 0 Å². The van der Waals surface area contributed by atoms with E-state index in [1.54, 1.807) is 12.1 Å². The topological polar surface area (TPSA) is 37.3 Å². The molecule has 0 aliphatic carbocycles. The van der Waals surface area contributed by atoms with Gasteiger partial charge in [-0.2, -0.15) is 0 Å². The Morgan fingerprint density at radius 1 is 1.00 bits per heavy atom. The Bertz CT molecular complexity index is 466. The summed E-state index contributed by atoms with van der Waals surface area (Å²) in [6, 6.07) is 12.8. The zero-order valence-corrected chi connectivity index (χ0v) is 9.90. The van der Waals surface area contributed by atoms with Crippen molar-refractivity contribution < 1.29 is 9.90 Å². The van der Waals surface area contributed by atoms with Gasteiger partial charge in [0.25, 0.3) is 0 Å². The molecule has 2 rings (SSSR count). The molecule has 0 amide bonds. The van der Waals surface area contributed by atoms with Gasteiger partial charge in [0.15, 0.2) is 0 Å². The molecule has 3 radical (unpaired) electrons. The third-order valence-corrected chi connectivity index (χ3v) is 2.00. The van der Waals surface area contributed by atoms with E-state index in [9.17, 15) is 4.79 Å². The fourth-order valence-corrected chi connectivity index (χ4v) is 1.32. The fraction of sp³-hybridized carbons (Fsp3) is 0. The fourth-order valence-electron chi connectivity index (χ4n) is 1.32. The van der Waals surface area contributed by atoms with E-state index in [1.807, 2.05) is 30.3 Å². The predicted molar refractivity (Wildman–Crippen MR) is 56.7 cm³/mol. The molecule has 0 aliphatic heterocycles. The molecule has 0 spiro atoms. The SMILES string of the molecule is O=C(O)c1ccc2ccccc2c1.[Sb]. The van der Waals surface area contributed by atoms with Gasteiger partial charge < -0.3 is 5.11 Å². The van der Waals surface area contributed by atoms with E-state index in [2.05, 4.69) is 0 Å². The van der Waals surface area contributed by atoms with Crippen molar-refractivity contribution in [3.63, 3.8) is 0 Å². The van der Waals surface area contributed by atoms with Gasteiger partial charge in [-0.15, -0.1) is 0 Å². The van der Waals surface area contributed by atoms with Gasteiger partial charge in [0.2, 0.25) is 0 Å². The van der Waals surface area contributed by atoms with E-state index in [1.165, 1.54) is 0 Å². The summed E-state index contributed by atoms with van der Waals surface area (Å²) >= 11 is 0. The summed E-state index contributed by atoms with van der Waals surface area (Å²) in [4.78, 5) is 10.6. The van der Waals surface area contributed by atoms with Gasteiger partial charge in [0.05, 0.1) is 5.56 Å². The number of fused-ring (bicyclic) bond motifs is 1. The Hall–Kier alpha value is -1.01. The van der Waals surface area contributed by atoms with Gasteiger partial charge in [0, 0.05) is 24.4 Å². The quantitative estimate of drug-likeness (QED) is 0.818. The number of hydrogen-bond donors (Lipinski definition) is 1. The van der Waals surface area contributed by atoms with Crippen LogP contribution in [0.3, 0.4) is 0 Å². The third-order valence-electron chi connectivity index (χ3n) is 2.00. The molecular formula is C11H8O2Sb. The largest absolute Gasteiger partial charge is 0.478 e. The molecule has 0 fully saturated rings. The first-order valence-electron chi connectivity index (χ1n) is 3.99. The van der Waals surface area contributed by atoms with Crippen molar-refractivity contribution in [1.29, 1.82) is 0 Å². The van der Waals surface area contributed by atoms with Gasteiger partial charge in [-0.05, 0) is 22.9 Å². The normalized spacial score (nSPS) is 9.43. The average molecular weight is 294 g/mol. The second-order valence-electron chi connectivity index (χ2n) is 2.87. The molecule has 0 aliphatic rings. The number of aromatic carboxylic acids is 1. The second-order valence-corrected chi connectivity index (χ2v) is 2.87. The van der Waals surface area contributed by atoms with Crippen LogP contribution >= 0.6 is 0 Å². The van der Waals surface area contributed by atoms with Gasteiger partial charge in [-0.25, -0.2) is 4.79 Å². The van der Waals surface area contributed by atoms with Crippen LogP contribution in [-0.4, -0.2) is 35.5 Å². The van der Waals surface area contributed by atoms with Crippen molar-refractivity contribution in [2.24, 2.45) is 0 Å². The van der Waals surface area contributed by atoms with Crippen molar-refractivity contribution in [1.82, 2.24) is 0 Å². The standard InChI is InChI=1S/C11H8O2.Sb/c12-11(13)10-6-5-8-3-1-2-4-9(8)7-10;/h1-7H,(H,12,13);. The number of rotatable bonds is 1. The number of carbonyl (C=O) groups is 1. The van der Waals surface area contributed by atoms with Crippen LogP contribution in [0.1, 0.15) is 10.4 Å². The summed E-state index contributed by atoms with van der Waals surface area (Å²) in [5.74, 6) is -0.884. The predicted octanol–water partition coefficient (Wildman–Crippen LogP) is 2.16. The Morgan fingerprint density at radius 2 is 1.64 bits per heavy atom. The van der Waals surface area contributed by atoms with E-state index in [4.69, 9.17) is 5.11 Å². The Balaban J connectivity index is 0.000000980. The van der Waals surface area contributed by atoms with Crippen LogP contribution in [0.25, 0.3) is 10.8 Å². The van der Waals surface area contributed by atoms with E-state index < -0.39 is 5.97 Å². The van der Waals surface area contributed by atoms with E-state index in [-0.39, 0.29) is 24.4 Å². The number of carboxylic acid groups (broad SMARTS) is 1. The molecule has 1 N–H and O–H groups in total. The zero-order valence-electron chi connectivity index (χ0n) is 7.34. The molecule has 14 heavy (non-hydrogen) atoms. The van der Waals surface area contributed by atoms with Crippen molar-refractivity contribution >= 4 is 41.2 Å². The first kappa shape index (κ1) is 11.1.